The fourth-order valence-electron chi connectivity index (χ4n) is 2.12. The summed E-state index contributed by atoms with van der Waals surface area (Å²) in [4.78, 5) is 22.5. The van der Waals surface area contributed by atoms with E-state index >= 15 is 0 Å². The Bertz CT molecular complexity index is 801. The van der Waals surface area contributed by atoms with Crippen LogP contribution in [0, 0.1) is 10.1 Å². The van der Waals surface area contributed by atoms with Gasteiger partial charge in [-0.25, -0.2) is 0 Å². The molecule has 2 aromatic rings. The van der Waals surface area contributed by atoms with E-state index in [9.17, 15) is 14.9 Å². The fourth-order valence-corrected chi connectivity index (χ4v) is 2.58. The van der Waals surface area contributed by atoms with Crippen LogP contribution in [0.4, 0.5) is 11.4 Å². The van der Waals surface area contributed by atoms with Crippen molar-refractivity contribution in [1.29, 1.82) is 0 Å². The van der Waals surface area contributed by atoms with Crippen LogP contribution in [-0.4, -0.2) is 30.0 Å². The number of hydrogen-bond donors (Lipinski definition) is 2. The Balaban J connectivity index is 1.80. The number of hydrogen-bond acceptors (Lipinski definition) is 5. The van der Waals surface area contributed by atoms with Crippen molar-refractivity contribution in [3.05, 3.63) is 62.6 Å². The van der Waals surface area contributed by atoms with Gasteiger partial charge in [-0.15, -0.1) is 0 Å². The first-order valence-corrected chi connectivity index (χ1v) is 8.51. The van der Waals surface area contributed by atoms with Gasteiger partial charge in [-0.2, -0.15) is 0 Å². The number of para-hydroxylation sites is 2. The molecule has 2 aromatic carbocycles. The molecule has 26 heavy (non-hydrogen) atoms. The first-order chi connectivity index (χ1) is 12.4. The highest BCUT2D eigenvalue weighted by Crippen LogP contribution is 2.28. The summed E-state index contributed by atoms with van der Waals surface area (Å²) in [7, 11) is 0. The molecule has 0 aliphatic heterocycles. The second kappa shape index (κ2) is 9.26. The third-order valence-corrected chi connectivity index (χ3v) is 3.94. The Kier molecular flexibility index (Phi) is 7.06. The van der Waals surface area contributed by atoms with E-state index in [0.29, 0.717) is 28.0 Å². The van der Waals surface area contributed by atoms with Crippen LogP contribution in [0.5, 0.6) is 5.75 Å². The molecule has 138 valence electrons. The lowest BCUT2D eigenvalue weighted by molar-refractivity contribution is -0.384. The zero-order valence-corrected chi connectivity index (χ0v) is 15.4. The van der Waals surface area contributed by atoms with Crippen LogP contribution in [0.25, 0.3) is 0 Å². The van der Waals surface area contributed by atoms with E-state index in [2.05, 4.69) is 10.6 Å². The van der Waals surface area contributed by atoms with E-state index < -0.39 is 11.0 Å². The van der Waals surface area contributed by atoms with Crippen molar-refractivity contribution in [2.75, 3.05) is 18.4 Å². The van der Waals surface area contributed by atoms with Crippen molar-refractivity contribution in [3.8, 4) is 5.75 Å². The van der Waals surface area contributed by atoms with Crippen molar-refractivity contribution in [3.63, 3.8) is 0 Å². The quantitative estimate of drug-likeness (QED) is 0.400. The third-order valence-electron chi connectivity index (χ3n) is 3.41. The van der Waals surface area contributed by atoms with Gasteiger partial charge in [0.2, 0.25) is 0 Å². The van der Waals surface area contributed by atoms with E-state index in [1.54, 1.807) is 37.3 Å². The number of nitro benzene ring substituents is 1. The van der Waals surface area contributed by atoms with Gasteiger partial charge in [0.1, 0.15) is 11.4 Å². The Morgan fingerprint density at radius 1 is 1.23 bits per heavy atom. The fraction of sp³-hybridized carbons (Fsp3) is 0.235. The van der Waals surface area contributed by atoms with Crippen LogP contribution in [0.2, 0.25) is 10.0 Å². The molecule has 1 atom stereocenters. The average Bonchev–Trinajstić information content (AvgIpc) is 2.61. The van der Waals surface area contributed by atoms with Crippen molar-refractivity contribution in [1.82, 2.24) is 5.32 Å². The maximum Gasteiger partial charge on any atom is 0.292 e. The maximum atomic E-state index is 12.1. The summed E-state index contributed by atoms with van der Waals surface area (Å²) >= 11 is 11.8. The zero-order chi connectivity index (χ0) is 19.1. The number of nitrogens with zero attached hydrogens (tertiary/aromatic N) is 1. The topological polar surface area (TPSA) is 93.5 Å². The van der Waals surface area contributed by atoms with Gasteiger partial charge in [0.15, 0.2) is 6.10 Å². The SMILES string of the molecule is C[C@H](Oc1ccc(Cl)cc1Cl)C(=O)NCCNc1ccccc1[N+](=O)[O-]. The van der Waals surface area contributed by atoms with Crippen molar-refractivity contribution < 1.29 is 14.5 Å². The molecular weight excluding hydrogens is 381 g/mol. The van der Waals surface area contributed by atoms with Gasteiger partial charge in [-0.1, -0.05) is 35.3 Å². The summed E-state index contributed by atoms with van der Waals surface area (Å²) in [5.74, 6) is 0.0251. The van der Waals surface area contributed by atoms with Crippen LogP contribution in [-0.2, 0) is 4.79 Å². The van der Waals surface area contributed by atoms with Gasteiger partial charge in [0, 0.05) is 24.2 Å². The molecule has 0 aliphatic rings. The number of rotatable bonds is 8. The molecule has 0 aromatic heterocycles. The first kappa shape index (κ1) is 19.8. The highest BCUT2D eigenvalue weighted by molar-refractivity contribution is 6.35. The number of amides is 1. The summed E-state index contributed by atoms with van der Waals surface area (Å²) in [6, 6.07) is 11.0. The minimum atomic E-state index is -0.764. The normalized spacial score (nSPS) is 11.5. The molecule has 0 saturated carbocycles. The molecule has 0 aliphatic carbocycles. The van der Waals surface area contributed by atoms with E-state index in [1.165, 1.54) is 12.1 Å². The van der Waals surface area contributed by atoms with Gasteiger partial charge in [-0.3, -0.25) is 14.9 Å². The van der Waals surface area contributed by atoms with Crippen molar-refractivity contribution >= 4 is 40.5 Å². The van der Waals surface area contributed by atoms with E-state index in [1.807, 2.05) is 0 Å². The summed E-state index contributed by atoms with van der Waals surface area (Å²) in [6.07, 6.45) is -0.764. The number of carbonyl (C=O) groups excluding carboxylic acids is 1. The first-order valence-electron chi connectivity index (χ1n) is 7.75. The van der Waals surface area contributed by atoms with Gasteiger partial charge in [0.25, 0.3) is 11.6 Å². The third kappa shape index (κ3) is 5.50. The minimum Gasteiger partial charge on any atom is -0.479 e. The lowest BCUT2D eigenvalue weighted by Gasteiger charge is -2.16. The predicted molar refractivity (Wildman–Crippen MR) is 101 cm³/mol. The summed E-state index contributed by atoms with van der Waals surface area (Å²) in [5, 5.41) is 17.3. The predicted octanol–water partition coefficient (Wildman–Crippen LogP) is 3.90. The molecule has 0 fully saturated rings. The molecule has 0 spiro atoms. The van der Waals surface area contributed by atoms with Crippen LogP contribution in [0.15, 0.2) is 42.5 Å². The maximum absolute atomic E-state index is 12.1. The van der Waals surface area contributed by atoms with Crippen LogP contribution in [0.3, 0.4) is 0 Å². The molecule has 7 nitrogen and oxygen atoms in total. The molecule has 2 rings (SSSR count). The average molecular weight is 398 g/mol. The minimum absolute atomic E-state index is 0.0205. The lowest BCUT2D eigenvalue weighted by atomic mass is 10.2. The van der Waals surface area contributed by atoms with Crippen molar-refractivity contribution in [2.24, 2.45) is 0 Å². The summed E-state index contributed by atoms with van der Waals surface area (Å²) < 4.78 is 5.52. The summed E-state index contributed by atoms with van der Waals surface area (Å²) in [5.41, 5.74) is 0.372. The second-order valence-electron chi connectivity index (χ2n) is 5.33. The zero-order valence-electron chi connectivity index (χ0n) is 13.9. The molecule has 0 bridgehead atoms. The van der Waals surface area contributed by atoms with Crippen LogP contribution < -0.4 is 15.4 Å². The Morgan fingerprint density at radius 3 is 2.65 bits per heavy atom. The molecule has 0 unspecified atom stereocenters. The second-order valence-corrected chi connectivity index (χ2v) is 6.17. The molecule has 2 N–H and O–H groups in total. The van der Waals surface area contributed by atoms with Gasteiger partial charge < -0.3 is 15.4 Å². The van der Waals surface area contributed by atoms with Crippen LogP contribution in [0.1, 0.15) is 6.92 Å². The molecular formula is C17H17Cl2N3O4. The smallest absolute Gasteiger partial charge is 0.292 e. The number of ether oxygens (including phenoxy) is 1. The highest BCUT2D eigenvalue weighted by atomic mass is 35.5. The van der Waals surface area contributed by atoms with E-state index in [-0.39, 0.29) is 18.1 Å². The van der Waals surface area contributed by atoms with Crippen LogP contribution >= 0.6 is 23.2 Å². The lowest BCUT2D eigenvalue weighted by Crippen LogP contribution is -2.38. The standard InChI is InChI=1S/C17H17Cl2N3O4/c1-11(26-16-7-6-12(18)10-13(16)19)17(23)21-9-8-20-14-4-2-3-5-15(14)22(24)25/h2-7,10-11,20H,8-9H2,1H3,(H,21,23)/t11-/m0/s1. The molecule has 0 radical (unpaired) electrons. The van der Waals surface area contributed by atoms with E-state index in [4.69, 9.17) is 27.9 Å². The highest BCUT2D eigenvalue weighted by Gasteiger charge is 2.16. The number of halogens is 2. The Hall–Kier alpha value is -2.51. The number of anilines is 1. The Morgan fingerprint density at radius 2 is 1.96 bits per heavy atom. The number of benzene rings is 2. The molecule has 0 saturated heterocycles. The van der Waals surface area contributed by atoms with E-state index in [0.717, 1.165) is 0 Å². The molecule has 0 heterocycles. The van der Waals surface area contributed by atoms with Crippen molar-refractivity contribution in [2.45, 2.75) is 13.0 Å². The van der Waals surface area contributed by atoms with Gasteiger partial charge in [0.05, 0.1) is 9.95 Å². The number of nitro groups is 1. The summed E-state index contributed by atoms with van der Waals surface area (Å²) in [6.45, 7) is 2.19. The largest absolute Gasteiger partial charge is 0.479 e. The Labute approximate surface area is 160 Å². The van der Waals surface area contributed by atoms with Gasteiger partial charge >= 0.3 is 0 Å². The number of nitrogens with one attached hydrogen (secondary N) is 2. The monoisotopic (exact) mass is 397 g/mol. The van der Waals surface area contributed by atoms with Gasteiger partial charge in [-0.05, 0) is 31.2 Å². The molecule has 9 heteroatoms. The number of carbonyl (C=O) groups is 1. The molecule has 1 amide bonds.